The Morgan fingerprint density at radius 2 is 2.05 bits per heavy atom. The molecular formula is C17H23NO. The van der Waals surface area contributed by atoms with E-state index < -0.39 is 5.54 Å². The van der Waals surface area contributed by atoms with E-state index >= 15 is 0 Å². The number of aryl methyl sites for hydroxylation is 1. The number of carbonyl (C=O) groups is 1. The highest BCUT2D eigenvalue weighted by molar-refractivity contribution is 5.95. The number of rotatable bonds is 4. The Hall–Kier alpha value is -1.59. The number of carbonyl (C=O) groups excluding carboxylic acids is 1. The number of hydrogen-bond donors (Lipinski definition) is 1. The predicted octanol–water partition coefficient (Wildman–Crippen LogP) is 3.32. The van der Waals surface area contributed by atoms with Crippen LogP contribution in [0.2, 0.25) is 0 Å². The second kappa shape index (κ2) is 6.54. The maximum atomic E-state index is 11.6. The van der Waals surface area contributed by atoms with Gasteiger partial charge in [-0.25, -0.2) is 0 Å². The van der Waals surface area contributed by atoms with Crippen molar-refractivity contribution in [3.8, 4) is 11.8 Å². The molecule has 2 nitrogen and oxygen atoms in total. The van der Waals surface area contributed by atoms with Crippen molar-refractivity contribution in [3.63, 3.8) is 0 Å². The van der Waals surface area contributed by atoms with Crippen molar-refractivity contribution in [1.29, 1.82) is 0 Å². The van der Waals surface area contributed by atoms with Crippen molar-refractivity contribution in [2.24, 2.45) is 5.73 Å². The van der Waals surface area contributed by atoms with Gasteiger partial charge in [0, 0.05) is 11.1 Å². The number of hydrogen-bond acceptors (Lipinski definition) is 2. The van der Waals surface area contributed by atoms with E-state index in [1.54, 1.807) is 6.92 Å². The van der Waals surface area contributed by atoms with Crippen LogP contribution in [0, 0.1) is 11.8 Å². The largest absolute Gasteiger partial charge is 0.315 e. The van der Waals surface area contributed by atoms with E-state index in [1.165, 1.54) is 0 Å². The van der Waals surface area contributed by atoms with Crippen molar-refractivity contribution in [3.05, 3.63) is 34.9 Å². The lowest BCUT2D eigenvalue weighted by Crippen LogP contribution is -2.32. The fourth-order valence-corrected chi connectivity index (χ4v) is 1.79. The van der Waals surface area contributed by atoms with Gasteiger partial charge in [-0.15, -0.1) is 0 Å². The molecule has 0 aliphatic rings. The first-order valence-corrected chi connectivity index (χ1v) is 6.85. The molecule has 1 unspecified atom stereocenters. The third kappa shape index (κ3) is 4.54. The van der Waals surface area contributed by atoms with Crippen LogP contribution in [0.4, 0.5) is 0 Å². The number of nitrogens with two attached hydrogens (primary N) is 1. The highest BCUT2D eigenvalue weighted by Gasteiger charge is 2.11. The Morgan fingerprint density at radius 1 is 1.37 bits per heavy atom. The van der Waals surface area contributed by atoms with E-state index in [0.717, 1.165) is 36.0 Å². The number of ketones is 1. The maximum absolute atomic E-state index is 11.6. The summed E-state index contributed by atoms with van der Waals surface area (Å²) in [6, 6.07) is 5.78. The van der Waals surface area contributed by atoms with Crippen LogP contribution in [-0.4, -0.2) is 11.3 Å². The maximum Gasteiger partial charge on any atom is 0.160 e. The Bertz CT molecular complexity index is 518. The molecule has 102 valence electrons. The summed E-state index contributed by atoms with van der Waals surface area (Å²) in [4.78, 5) is 11.6. The molecule has 0 aliphatic carbocycles. The van der Waals surface area contributed by atoms with Gasteiger partial charge in [-0.2, -0.15) is 0 Å². The van der Waals surface area contributed by atoms with Crippen LogP contribution in [0.5, 0.6) is 0 Å². The van der Waals surface area contributed by atoms with Crippen molar-refractivity contribution in [2.45, 2.75) is 52.5 Å². The zero-order chi connectivity index (χ0) is 14.5. The Kier molecular flexibility index (Phi) is 5.32. The van der Waals surface area contributed by atoms with E-state index in [4.69, 9.17) is 5.73 Å². The van der Waals surface area contributed by atoms with Crippen LogP contribution in [0.25, 0.3) is 0 Å². The lowest BCUT2D eigenvalue weighted by atomic mass is 9.96. The molecule has 0 aromatic heterocycles. The smallest absolute Gasteiger partial charge is 0.160 e. The molecule has 1 aromatic carbocycles. The molecule has 0 aliphatic heterocycles. The first-order chi connectivity index (χ1) is 8.89. The normalized spacial score (nSPS) is 13.3. The first-order valence-electron chi connectivity index (χ1n) is 6.85. The van der Waals surface area contributed by atoms with Gasteiger partial charge in [0.05, 0.1) is 5.54 Å². The van der Waals surface area contributed by atoms with Crippen LogP contribution in [-0.2, 0) is 6.42 Å². The highest BCUT2D eigenvalue weighted by atomic mass is 16.1. The predicted molar refractivity (Wildman–Crippen MR) is 80.2 cm³/mol. The summed E-state index contributed by atoms with van der Waals surface area (Å²) in [5.74, 6) is 6.31. The number of benzene rings is 1. The lowest BCUT2D eigenvalue weighted by molar-refractivity contribution is 0.101. The van der Waals surface area contributed by atoms with Crippen LogP contribution < -0.4 is 5.73 Å². The topological polar surface area (TPSA) is 43.1 Å². The van der Waals surface area contributed by atoms with E-state index in [-0.39, 0.29) is 5.78 Å². The second-order valence-corrected chi connectivity index (χ2v) is 5.20. The summed E-state index contributed by atoms with van der Waals surface area (Å²) in [7, 11) is 0. The van der Waals surface area contributed by atoms with Crippen LogP contribution in [0.1, 0.15) is 62.0 Å². The lowest BCUT2D eigenvalue weighted by Gasteiger charge is -2.13. The summed E-state index contributed by atoms with van der Waals surface area (Å²) in [6.07, 6.45) is 2.73. The van der Waals surface area contributed by atoms with E-state index in [0.29, 0.717) is 0 Å². The van der Waals surface area contributed by atoms with Gasteiger partial charge >= 0.3 is 0 Å². The van der Waals surface area contributed by atoms with Gasteiger partial charge in [-0.1, -0.05) is 32.1 Å². The van der Waals surface area contributed by atoms with Gasteiger partial charge < -0.3 is 5.73 Å². The Balaban J connectivity index is 3.12. The zero-order valence-corrected chi connectivity index (χ0v) is 12.3. The van der Waals surface area contributed by atoms with Crippen molar-refractivity contribution >= 4 is 5.78 Å². The van der Waals surface area contributed by atoms with Crippen LogP contribution in [0.15, 0.2) is 18.2 Å². The molecule has 0 heterocycles. The third-order valence-corrected chi connectivity index (χ3v) is 3.23. The average Bonchev–Trinajstić information content (AvgIpc) is 2.37. The molecule has 0 bridgehead atoms. The third-order valence-electron chi connectivity index (χ3n) is 3.23. The minimum Gasteiger partial charge on any atom is -0.315 e. The monoisotopic (exact) mass is 257 g/mol. The molecule has 1 aromatic rings. The van der Waals surface area contributed by atoms with E-state index in [2.05, 4.69) is 18.8 Å². The van der Waals surface area contributed by atoms with Crippen molar-refractivity contribution in [1.82, 2.24) is 0 Å². The molecule has 0 amide bonds. The van der Waals surface area contributed by atoms with Gasteiger partial charge in [-0.05, 0) is 50.5 Å². The van der Waals surface area contributed by atoms with Crippen molar-refractivity contribution < 1.29 is 4.79 Å². The molecule has 0 spiro atoms. The molecule has 0 saturated heterocycles. The molecule has 1 atom stereocenters. The summed E-state index contributed by atoms with van der Waals surface area (Å²) < 4.78 is 0. The fraction of sp³-hybridized carbons (Fsp3) is 0.471. The van der Waals surface area contributed by atoms with Gasteiger partial charge in [0.15, 0.2) is 5.78 Å². The minimum atomic E-state index is -0.454. The molecule has 0 radical (unpaired) electrons. The Morgan fingerprint density at radius 3 is 2.58 bits per heavy atom. The summed E-state index contributed by atoms with van der Waals surface area (Å²) in [6.45, 7) is 7.66. The van der Waals surface area contributed by atoms with Gasteiger partial charge in [-0.3, -0.25) is 4.79 Å². The summed E-state index contributed by atoms with van der Waals surface area (Å²) in [5, 5.41) is 0. The van der Waals surface area contributed by atoms with Crippen LogP contribution >= 0.6 is 0 Å². The first kappa shape index (κ1) is 15.5. The van der Waals surface area contributed by atoms with Crippen molar-refractivity contribution in [2.75, 3.05) is 0 Å². The molecule has 2 heteroatoms. The van der Waals surface area contributed by atoms with Gasteiger partial charge in [0.1, 0.15) is 0 Å². The molecule has 0 saturated carbocycles. The summed E-state index contributed by atoms with van der Waals surface area (Å²) >= 11 is 0. The average molecular weight is 257 g/mol. The standard InChI is InChI=1S/C17H23NO/c1-5-7-15-12-14(8-9-16(15)13(3)19)10-11-17(4,18)6-2/h8-9,12H,5-7,18H2,1-4H3. The van der Waals surface area contributed by atoms with E-state index in [9.17, 15) is 4.79 Å². The molecular weight excluding hydrogens is 234 g/mol. The second-order valence-electron chi connectivity index (χ2n) is 5.20. The van der Waals surface area contributed by atoms with Gasteiger partial charge in [0.2, 0.25) is 0 Å². The zero-order valence-electron chi connectivity index (χ0n) is 12.3. The Labute approximate surface area is 116 Å². The minimum absolute atomic E-state index is 0.111. The van der Waals surface area contributed by atoms with Gasteiger partial charge in [0.25, 0.3) is 0 Å². The summed E-state index contributed by atoms with van der Waals surface area (Å²) in [5.41, 5.74) is 8.37. The number of Topliss-reactive ketones (excluding diaryl/α,β-unsaturated/α-hetero) is 1. The molecule has 1 rings (SSSR count). The quantitative estimate of drug-likeness (QED) is 0.664. The fourth-order valence-electron chi connectivity index (χ4n) is 1.79. The van der Waals surface area contributed by atoms with E-state index in [1.807, 2.05) is 32.0 Å². The van der Waals surface area contributed by atoms with Crippen LogP contribution in [0.3, 0.4) is 0 Å². The highest BCUT2D eigenvalue weighted by Crippen LogP contribution is 2.15. The molecule has 0 fully saturated rings. The molecule has 19 heavy (non-hydrogen) atoms. The SMILES string of the molecule is CCCc1cc(C#CC(C)(N)CC)ccc1C(C)=O. The molecule has 2 N–H and O–H groups in total.